The van der Waals surface area contributed by atoms with Crippen LogP contribution >= 0.6 is 11.6 Å². The van der Waals surface area contributed by atoms with E-state index in [1.807, 2.05) is 37.3 Å². The first-order valence-corrected chi connectivity index (χ1v) is 6.38. The van der Waals surface area contributed by atoms with Gasteiger partial charge in [0, 0.05) is 5.69 Å². The smallest absolute Gasteiger partial charge is 0.246 e. The number of carbonyl (C=O) groups is 1. The molecule has 0 fully saturated rings. The van der Waals surface area contributed by atoms with Gasteiger partial charge in [-0.05, 0) is 26.0 Å². The van der Waals surface area contributed by atoms with Crippen LogP contribution in [0.5, 0.6) is 0 Å². The van der Waals surface area contributed by atoms with Crippen LogP contribution < -0.4 is 4.90 Å². The summed E-state index contributed by atoms with van der Waals surface area (Å²) in [6, 6.07) is 9.41. The van der Waals surface area contributed by atoms with Crippen LogP contribution in [0.4, 0.5) is 5.69 Å². The van der Waals surface area contributed by atoms with E-state index >= 15 is 0 Å². The molecule has 0 N–H and O–H groups in total. The number of nitrogens with zero attached hydrogens (tertiary/aromatic N) is 4. The molecule has 0 aliphatic rings. The molecule has 0 bridgehead atoms. The van der Waals surface area contributed by atoms with E-state index in [2.05, 4.69) is 10.2 Å². The molecule has 6 heteroatoms. The maximum absolute atomic E-state index is 12.2. The lowest BCUT2D eigenvalue weighted by Gasteiger charge is -2.24. The highest BCUT2D eigenvalue weighted by Crippen LogP contribution is 2.17. The van der Waals surface area contributed by atoms with Gasteiger partial charge in [-0.3, -0.25) is 14.3 Å². The molecule has 0 saturated carbocycles. The molecule has 1 unspecified atom stereocenters. The average Bonchev–Trinajstić information content (AvgIpc) is 2.81. The lowest BCUT2D eigenvalue weighted by atomic mass is 10.2. The quantitative estimate of drug-likeness (QED) is 0.806. The molecule has 0 aliphatic heterocycles. The lowest BCUT2D eigenvalue weighted by molar-refractivity contribution is -0.118. The van der Waals surface area contributed by atoms with Gasteiger partial charge in [0.15, 0.2) is 0 Å². The summed E-state index contributed by atoms with van der Waals surface area (Å²) in [7, 11) is 0. The van der Waals surface area contributed by atoms with Crippen molar-refractivity contribution in [2.45, 2.75) is 25.9 Å². The first-order valence-electron chi connectivity index (χ1n) is 5.94. The molecule has 1 aromatic heterocycles. The Hall–Kier alpha value is -1.88. The fourth-order valence-corrected chi connectivity index (χ4v) is 1.82. The van der Waals surface area contributed by atoms with Crippen LogP contribution in [0, 0.1) is 6.92 Å². The van der Waals surface area contributed by atoms with E-state index in [4.69, 9.17) is 11.6 Å². The number of amides is 1. The van der Waals surface area contributed by atoms with Gasteiger partial charge < -0.3 is 0 Å². The van der Waals surface area contributed by atoms with Gasteiger partial charge in [-0.25, -0.2) is 0 Å². The Morgan fingerprint density at radius 1 is 1.42 bits per heavy atom. The van der Waals surface area contributed by atoms with Gasteiger partial charge in [0.05, 0.1) is 0 Å². The summed E-state index contributed by atoms with van der Waals surface area (Å²) < 4.78 is 1.80. The minimum Gasteiger partial charge on any atom is -0.299 e. The number of aromatic nitrogens is 3. The molecule has 2 aromatic rings. The number of aryl methyl sites for hydroxylation is 1. The van der Waals surface area contributed by atoms with Gasteiger partial charge in [0.2, 0.25) is 5.91 Å². The van der Waals surface area contributed by atoms with Crippen LogP contribution in [0.25, 0.3) is 0 Å². The Bertz CT molecular complexity index is 553. The van der Waals surface area contributed by atoms with Crippen LogP contribution in [0.15, 0.2) is 36.7 Å². The molecular weight excluding hydrogens is 264 g/mol. The summed E-state index contributed by atoms with van der Waals surface area (Å²) in [5, 5.41) is 7.14. The normalized spacial score (nSPS) is 12.2. The minimum absolute atomic E-state index is 0.152. The molecule has 1 atom stereocenters. The topological polar surface area (TPSA) is 51.0 Å². The molecule has 2 rings (SSSR count). The Balaban J connectivity index is 2.30. The number of hydrogen-bond donors (Lipinski definition) is 0. The number of rotatable bonds is 4. The summed E-state index contributed by atoms with van der Waals surface area (Å²) in [5.41, 5.74) is 0.799. The van der Waals surface area contributed by atoms with Crippen molar-refractivity contribution in [3.05, 3.63) is 42.5 Å². The highest BCUT2D eigenvalue weighted by molar-refractivity contribution is 6.32. The monoisotopic (exact) mass is 278 g/mol. The van der Waals surface area contributed by atoms with E-state index in [1.165, 1.54) is 0 Å². The van der Waals surface area contributed by atoms with E-state index in [9.17, 15) is 4.79 Å². The van der Waals surface area contributed by atoms with Crippen molar-refractivity contribution in [1.82, 2.24) is 14.8 Å². The second-order valence-corrected chi connectivity index (χ2v) is 4.86. The zero-order valence-corrected chi connectivity index (χ0v) is 11.6. The lowest BCUT2D eigenvalue weighted by Crippen LogP contribution is -2.37. The number of benzene rings is 1. The van der Waals surface area contributed by atoms with Crippen molar-refractivity contribution < 1.29 is 4.79 Å². The minimum atomic E-state index is -0.586. The van der Waals surface area contributed by atoms with Crippen molar-refractivity contribution in [3.63, 3.8) is 0 Å². The number of halogens is 1. The summed E-state index contributed by atoms with van der Waals surface area (Å²) in [5.74, 6) is 0.594. The number of para-hydroxylation sites is 1. The van der Waals surface area contributed by atoms with Gasteiger partial charge in [-0.1, -0.05) is 18.2 Å². The van der Waals surface area contributed by atoms with Crippen molar-refractivity contribution in [2.24, 2.45) is 0 Å². The number of carbonyl (C=O) groups excluding carboxylic acids is 1. The molecule has 1 heterocycles. The van der Waals surface area contributed by atoms with E-state index in [-0.39, 0.29) is 5.91 Å². The number of alkyl halides is 1. The summed E-state index contributed by atoms with van der Waals surface area (Å²) in [4.78, 5) is 13.8. The van der Waals surface area contributed by atoms with Crippen LogP contribution in [0.2, 0.25) is 0 Å². The molecule has 0 aliphatic carbocycles. The first kappa shape index (κ1) is 13.5. The highest BCUT2D eigenvalue weighted by atomic mass is 35.5. The van der Waals surface area contributed by atoms with Crippen molar-refractivity contribution in [3.8, 4) is 0 Å². The molecule has 0 saturated heterocycles. The largest absolute Gasteiger partial charge is 0.299 e. The SMILES string of the molecule is Cc1nncn1CN(C(=O)C(C)Cl)c1ccccc1. The maximum atomic E-state index is 12.2. The zero-order chi connectivity index (χ0) is 13.8. The Morgan fingerprint density at radius 2 is 2.11 bits per heavy atom. The third kappa shape index (κ3) is 3.12. The first-order chi connectivity index (χ1) is 9.09. The third-order valence-electron chi connectivity index (χ3n) is 2.78. The Kier molecular flexibility index (Phi) is 4.16. The molecule has 1 amide bonds. The van der Waals surface area contributed by atoms with Gasteiger partial charge in [0.25, 0.3) is 0 Å². The summed E-state index contributed by atoms with van der Waals surface area (Å²) in [6.07, 6.45) is 1.59. The second-order valence-electron chi connectivity index (χ2n) is 4.21. The molecule has 100 valence electrons. The molecule has 5 nitrogen and oxygen atoms in total. The van der Waals surface area contributed by atoms with E-state index in [0.29, 0.717) is 6.67 Å². The highest BCUT2D eigenvalue weighted by Gasteiger charge is 2.21. The predicted molar refractivity (Wildman–Crippen MR) is 74.0 cm³/mol. The average molecular weight is 279 g/mol. The zero-order valence-electron chi connectivity index (χ0n) is 10.8. The van der Waals surface area contributed by atoms with Crippen molar-refractivity contribution >= 4 is 23.2 Å². The molecular formula is C13H15ClN4O. The van der Waals surface area contributed by atoms with Crippen LogP contribution in [0.1, 0.15) is 12.7 Å². The third-order valence-corrected chi connectivity index (χ3v) is 2.96. The van der Waals surface area contributed by atoms with Crippen LogP contribution in [-0.2, 0) is 11.5 Å². The molecule has 19 heavy (non-hydrogen) atoms. The second kappa shape index (κ2) is 5.84. The number of hydrogen-bond acceptors (Lipinski definition) is 3. The van der Waals surface area contributed by atoms with Gasteiger partial charge >= 0.3 is 0 Å². The van der Waals surface area contributed by atoms with E-state index < -0.39 is 5.38 Å². The molecule has 0 radical (unpaired) electrons. The van der Waals surface area contributed by atoms with E-state index in [0.717, 1.165) is 11.5 Å². The fraction of sp³-hybridized carbons (Fsp3) is 0.308. The fourth-order valence-electron chi connectivity index (χ4n) is 1.71. The summed E-state index contributed by atoms with van der Waals surface area (Å²) >= 11 is 5.92. The molecule has 1 aromatic carbocycles. The maximum Gasteiger partial charge on any atom is 0.246 e. The Labute approximate surface area is 116 Å². The molecule has 0 spiro atoms. The standard InChI is InChI=1S/C13H15ClN4O/c1-10(14)13(19)18(12-6-4-3-5-7-12)9-17-8-15-16-11(17)2/h3-8,10H,9H2,1-2H3. The Morgan fingerprint density at radius 3 is 2.63 bits per heavy atom. The van der Waals surface area contributed by atoms with Crippen molar-refractivity contribution in [1.29, 1.82) is 0 Å². The van der Waals surface area contributed by atoms with E-state index in [1.54, 1.807) is 22.7 Å². The summed E-state index contributed by atoms with van der Waals surface area (Å²) in [6.45, 7) is 3.85. The van der Waals surface area contributed by atoms with Gasteiger partial charge in [0.1, 0.15) is 24.2 Å². The van der Waals surface area contributed by atoms with Gasteiger partial charge in [-0.2, -0.15) is 0 Å². The van der Waals surface area contributed by atoms with Crippen molar-refractivity contribution in [2.75, 3.05) is 4.90 Å². The van der Waals surface area contributed by atoms with Gasteiger partial charge in [-0.15, -0.1) is 21.8 Å². The van der Waals surface area contributed by atoms with Crippen LogP contribution in [-0.4, -0.2) is 26.0 Å². The number of anilines is 1. The predicted octanol–water partition coefficient (Wildman–Crippen LogP) is 2.20. The van der Waals surface area contributed by atoms with Crippen LogP contribution in [0.3, 0.4) is 0 Å².